The molecular formula is C20H28Cl2N4O. The molecule has 4 atom stereocenters. The summed E-state index contributed by atoms with van der Waals surface area (Å²) in [5.74, 6) is 2.03. The molecule has 1 heterocycles. The van der Waals surface area contributed by atoms with E-state index in [0.717, 1.165) is 35.1 Å². The first-order valence-electron chi connectivity index (χ1n) is 9.14. The molecule has 2 bridgehead atoms. The minimum Gasteiger partial charge on any atom is -0.363 e. The van der Waals surface area contributed by atoms with Crippen LogP contribution in [0.4, 0.5) is 5.82 Å². The van der Waals surface area contributed by atoms with Crippen LogP contribution in [0, 0.1) is 17.8 Å². The first-order valence-corrected chi connectivity index (χ1v) is 9.14. The van der Waals surface area contributed by atoms with Gasteiger partial charge in [-0.3, -0.25) is 4.79 Å². The van der Waals surface area contributed by atoms with E-state index >= 15 is 0 Å². The van der Waals surface area contributed by atoms with Crippen molar-refractivity contribution in [3.05, 3.63) is 35.9 Å². The average molecular weight is 411 g/mol. The summed E-state index contributed by atoms with van der Waals surface area (Å²) in [6.45, 7) is 0.517. The van der Waals surface area contributed by atoms with E-state index in [1.54, 1.807) is 0 Å². The van der Waals surface area contributed by atoms with Crippen LogP contribution in [0.3, 0.4) is 0 Å². The molecule has 0 saturated heterocycles. The number of carbonyl (C=O) groups is 1. The summed E-state index contributed by atoms with van der Waals surface area (Å²) >= 11 is 0. The molecule has 1 aromatic carbocycles. The number of hydrogen-bond donors (Lipinski definition) is 2. The van der Waals surface area contributed by atoms with Crippen LogP contribution in [0.1, 0.15) is 24.8 Å². The van der Waals surface area contributed by atoms with Gasteiger partial charge in [-0.15, -0.1) is 24.8 Å². The molecule has 2 saturated carbocycles. The first-order chi connectivity index (χ1) is 12.0. The fraction of sp³-hybridized carbons (Fsp3) is 0.500. The Balaban J connectivity index is 0.00000131. The van der Waals surface area contributed by atoms with Crippen molar-refractivity contribution in [3.63, 3.8) is 0 Å². The maximum Gasteiger partial charge on any atom is 0.225 e. The average Bonchev–Trinajstić information content (AvgIpc) is 3.20. The van der Waals surface area contributed by atoms with E-state index in [9.17, 15) is 4.79 Å². The lowest BCUT2D eigenvalue weighted by atomic mass is 9.84. The van der Waals surface area contributed by atoms with Crippen LogP contribution in [-0.4, -0.2) is 31.0 Å². The van der Waals surface area contributed by atoms with Gasteiger partial charge >= 0.3 is 0 Å². The number of aromatic nitrogens is 1. The van der Waals surface area contributed by atoms with Crippen molar-refractivity contribution in [1.82, 2.24) is 10.3 Å². The highest BCUT2D eigenvalue weighted by molar-refractivity contribution is 5.86. The van der Waals surface area contributed by atoms with Crippen LogP contribution >= 0.6 is 24.8 Å². The van der Waals surface area contributed by atoms with Gasteiger partial charge in [-0.1, -0.05) is 18.2 Å². The number of hydrogen-bond acceptors (Lipinski definition) is 4. The van der Waals surface area contributed by atoms with Crippen LogP contribution in [-0.2, 0) is 11.3 Å². The molecule has 0 radical (unpaired) electrons. The third-order valence-corrected chi connectivity index (χ3v) is 5.98. The standard InChI is InChI=1S/C20H26N4O.2ClH/c1-24(2)17-10-14(15-5-3-4-6-16(15)23-17)11-22-20(25)18-12-7-8-13(9-12)19(18)21;;/h3-6,10,12-13,18-19H,7-9,11,21H2,1-2H3,(H,22,25);2*1H. The van der Waals surface area contributed by atoms with Gasteiger partial charge in [0.1, 0.15) is 5.82 Å². The lowest BCUT2D eigenvalue weighted by Gasteiger charge is -2.27. The molecule has 4 unspecified atom stereocenters. The summed E-state index contributed by atoms with van der Waals surface area (Å²) in [7, 11) is 3.96. The van der Waals surface area contributed by atoms with E-state index in [-0.39, 0.29) is 42.7 Å². The van der Waals surface area contributed by atoms with Gasteiger partial charge in [-0.25, -0.2) is 4.98 Å². The molecule has 1 aromatic heterocycles. The minimum atomic E-state index is -0.0137. The number of nitrogens with one attached hydrogen (secondary N) is 1. The van der Waals surface area contributed by atoms with Crippen LogP contribution in [0.2, 0.25) is 0 Å². The smallest absolute Gasteiger partial charge is 0.225 e. The lowest BCUT2D eigenvalue weighted by molar-refractivity contribution is -0.127. The van der Waals surface area contributed by atoms with Crippen LogP contribution < -0.4 is 16.0 Å². The molecule has 1 amide bonds. The first kappa shape index (κ1) is 21.7. The number of para-hydroxylation sites is 1. The van der Waals surface area contributed by atoms with E-state index in [1.165, 1.54) is 6.42 Å². The minimum absolute atomic E-state index is 0. The highest BCUT2D eigenvalue weighted by atomic mass is 35.5. The molecule has 2 aromatic rings. The Bertz CT molecular complexity index is 812. The largest absolute Gasteiger partial charge is 0.363 e. The molecule has 7 heteroatoms. The highest BCUT2D eigenvalue weighted by Gasteiger charge is 2.48. The van der Waals surface area contributed by atoms with Gasteiger partial charge in [0.25, 0.3) is 0 Å². The highest BCUT2D eigenvalue weighted by Crippen LogP contribution is 2.47. The van der Waals surface area contributed by atoms with Gasteiger partial charge in [0.2, 0.25) is 5.91 Å². The third kappa shape index (κ3) is 4.00. The maximum absolute atomic E-state index is 12.8. The Hall–Kier alpha value is -1.56. The molecule has 2 aliphatic rings. The lowest BCUT2D eigenvalue weighted by Crippen LogP contribution is -2.45. The molecule has 4 rings (SSSR count). The second kappa shape index (κ2) is 8.63. The second-order valence-corrected chi connectivity index (χ2v) is 7.71. The zero-order valence-corrected chi connectivity index (χ0v) is 17.4. The van der Waals surface area contributed by atoms with E-state index in [2.05, 4.69) is 22.4 Å². The number of fused-ring (bicyclic) bond motifs is 3. The normalized spacial score (nSPS) is 25.6. The van der Waals surface area contributed by atoms with Gasteiger partial charge < -0.3 is 16.0 Å². The van der Waals surface area contributed by atoms with Crippen molar-refractivity contribution < 1.29 is 4.79 Å². The number of anilines is 1. The van der Waals surface area contributed by atoms with E-state index in [4.69, 9.17) is 5.73 Å². The van der Waals surface area contributed by atoms with Crippen LogP contribution in [0.5, 0.6) is 0 Å². The summed E-state index contributed by atoms with van der Waals surface area (Å²) in [6.07, 6.45) is 3.47. The van der Waals surface area contributed by atoms with Crippen molar-refractivity contribution in [2.45, 2.75) is 31.8 Å². The number of nitrogens with zero attached hydrogens (tertiary/aromatic N) is 2. The predicted molar refractivity (Wildman–Crippen MR) is 115 cm³/mol. The fourth-order valence-corrected chi connectivity index (χ4v) is 4.63. The summed E-state index contributed by atoms with van der Waals surface area (Å²) < 4.78 is 0. The molecule has 0 spiro atoms. The Morgan fingerprint density at radius 2 is 1.93 bits per heavy atom. The number of pyridine rings is 1. The summed E-state index contributed by atoms with van der Waals surface area (Å²) in [6, 6.07) is 10.2. The molecule has 2 aliphatic carbocycles. The number of carbonyl (C=O) groups excluding carboxylic acids is 1. The molecule has 3 N–H and O–H groups in total. The Labute approximate surface area is 172 Å². The van der Waals surface area contributed by atoms with Crippen molar-refractivity contribution in [2.75, 3.05) is 19.0 Å². The number of amides is 1. The van der Waals surface area contributed by atoms with Crippen LogP contribution in [0.25, 0.3) is 10.9 Å². The quantitative estimate of drug-likeness (QED) is 0.811. The fourth-order valence-electron chi connectivity index (χ4n) is 4.63. The molecular weight excluding hydrogens is 383 g/mol. The van der Waals surface area contributed by atoms with Crippen molar-refractivity contribution in [1.29, 1.82) is 0 Å². The number of rotatable bonds is 4. The Morgan fingerprint density at radius 3 is 2.59 bits per heavy atom. The molecule has 0 aliphatic heterocycles. The SMILES string of the molecule is CN(C)c1cc(CNC(=O)C2C3CCC(C3)C2N)c2ccccc2n1.Cl.Cl. The molecule has 27 heavy (non-hydrogen) atoms. The summed E-state index contributed by atoms with van der Waals surface area (Å²) in [4.78, 5) is 19.4. The van der Waals surface area contributed by atoms with Crippen molar-refractivity contribution in [2.24, 2.45) is 23.5 Å². The summed E-state index contributed by atoms with van der Waals surface area (Å²) in [5, 5.41) is 4.24. The molecule has 148 valence electrons. The van der Waals surface area contributed by atoms with Gasteiger partial charge in [-0.05, 0) is 48.8 Å². The number of halogens is 2. The zero-order valence-electron chi connectivity index (χ0n) is 15.7. The predicted octanol–water partition coefficient (Wildman–Crippen LogP) is 3.13. The number of nitrogens with two attached hydrogens (primary N) is 1. The van der Waals surface area contributed by atoms with E-state index in [0.29, 0.717) is 18.4 Å². The van der Waals surface area contributed by atoms with E-state index < -0.39 is 0 Å². The monoisotopic (exact) mass is 410 g/mol. The van der Waals surface area contributed by atoms with E-state index in [1.807, 2.05) is 37.2 Å². The third-order valence-electron chi connectivity index (χ3n) is 5.98. The van der Waals surface area contributed by atoms with Crippen molar-refractivity contribution in [3.8, 4) is 0 Å². The molecule has 5 nitrogen and oxygen atoms in total. The Kier molecular flexibility index (Phi) is 6.95. The number of benzene rings is 1. The van der Waals surface area contributed by atoms with Crippen LogP contribution in [0.15, 0.2) is 30.3 Å². The van der Waals surface area contributed by atoms with Gasteiger partial charge in [0.15, 0.2) is 0 Å². The topological polar surface area (TPSA) is 71.2 Å². The van der Waals surface area contributed by atoms with Crippen molar-refractivity contribution >= 4 is 47.4 Å². The Morgan fingerprint density at radius 1 is 1.22 bits per heavy atom. The van der Waals surface area contributed by atoms with Gasteiger partial charge in [-0.2, -0.15) is 0 Å². The maximum atomic E-state index is 12.8. The zero-order chi connectivity index (χ0) is 17.6. The van der Waals surface area contributed by atoms with Gasteiger partial charge in [0.05, 0.1) is 11.4 Å². The summed E-state index contributed by atoms with van der Waals surface area (Å²) in [5.41, 5.74) is 8.36. The molecule has 2 fully saturated rings. The van der Waals surface area contributed by atoms with Gasteiger partial charge in [0, 0.05) is 32.1 Å². The second-order valence-electron chi connectivity index (χ2n) is 7.71.